The lowest BCUT2D eigenvalue weighted by Crippen LogP contribution is -2.30. The standard InChI is InChI=1S/C82H156O17P2/c1-8-10-11-12-13-14-15-16-19-26-31-36-41-49-56-63-79(84)92-69-77(98-81(86)65-59-52-43-38-33-28-23-22-25-30-35-40-48-55-62-75(7)9-2)71-96-100(88,89)94-67-76(83)68-95-101(90,91)97-72-78(70-93-80(85)64-57-50-45-44-47-54-61-74(5)6)99-82(87)66-58-51-42-37-32-27-21-18-17-20-24-29-34-39-46-53-60-73(3)4/h14-16,19,73-78,83H,8-13,17-18,20-72H2,1-7H3,(H,88,89)(H,90,91)/b15-14-,19-16-/t75?,76?,77-,78-/m1/s1. The maximum atomic E-state index is 13.1. The number of hydrogen-bond acceptors (Lipinski definition) is 15. The van der Waals surface area contributed by atoms with E-state index in [-0.39, 0.29) is 25.7 Å². The summed E-state index contributed by atoms with van der Waals surface area (Å²) in [5.74, 6) is 0.187. The Morgan fingerprint density at radius 1 is 0.327 bits per heavy atom. The van der Waals surface area contributed by atoms with E-state index in [2.05, 4.69) is 72.8 Å². The van der Waals surface area contributed by atoms with Gasteiger partial charge in [-0.3, -0.25) is 37.3 Å². The number of esters is 4. The molecule has 3 N–H and O–H groups in total. The Kier molecular flexibility index (Phi) is 70.0. The molecule has 6 atom stereocenters. The predicted molar refractivity (Wildman–Crippen MR) is 414 cm³/mol. The summed E-state index contributed by atoms with van der Waals surface area (Å²) in [7, 11) is -9.93. The van der Waals surface area contributed by atoms with E-state index in [0.717, 1.165) is 127 Å². The predicted octanol–water partition coefficient (Wildman–Crippen LogP) is 24.1. The molecule has 0 aromatic rings. The lowest BCUT2D eigenvalue weighted by atomic mass is 9.99. The molecule has 596 valence electrons. The normalized spacial score (nSPS) is 14.4. The van der Waals surface area contributed by atoms with Gasteiger partial charge in [-0.1, -0.05) is 349 Å². The van der Waals surface area contributed by atoms with Gasteiger partial charge in [0.05, 0.1) is 26.4 Å². The minimum absolute atomic E-state index is 0.100. The molecule has 19 heteroatoms. The van der Waals surface area contributed by atoms with Crippen molar-refractivity contribution in [3.05, 3.63) is 24.3 Å². The molecule has 101 heavy (non-hydrogen) atoms. The van der Waals surface area contributed by atoms with Crippen molar-refractivity contribution in [2.24, 2.45) is 17.8 Å². The zero-order chi connectivity index (χ0) is 74.4. The molecule has 4 unspecified atom stereocenters. The van der Waals surface area contributed by atoms with Gasteiger partial charge in [0.1, 0.15) is 19.3 Å². The molecule has 0 aromatic heterocycles. The molecule has 0 spiro atoms. The van der Waals surface area contributed by atoms with Gasteiger partial charge >= 0.3 is 39.5 Å². The molecule has 0 bridgehead atoms. The lowest BCUT2D eigenvalue weighted by molar-refractivity contribution is -0.161. The fraction of sp³-hybridized carbons (Fsp3) is 0.902. The minimum Gasteiger partial charge on any atom is -0.462 e. The Bertz CT molecular complexity index is 2050. The van der Waals surface area contributed by atoms with Crippen LogP contribution in [0, 0.1) is 17.8 Å². The molecule has 0 rings (SSSR count). The largest absolute Gasteiger partial charge is 0.472 e. The third-order valence-electron chi connectivity index (χ3n) is 18.9. The first-order chi connectivity index (χ1) is 48.8. The first-order valence-electron chi connectivity index (χ1n) is 41.7. The molecule has 0 fully saturated rings. The van der Waals surface area contributed by atoms with E-state index in [1.165, 1.54) is 186 Å². The highest BCUT2D eigenvalue weighted by Crippen LogP contribution is 2.45. The van der Waals surface area contributed by atoms with Gasteiger partial charge in [-0.05, 0) is 69.1 Å². The van der Waals surface area contributed by atoms with E-state index in [1.807, 2.05) is 0 Å². The van der Waals surface area contributed by atoms with Gasteiger partial charge in [0.15, 0.2) is 12.2 Å². The van der Waals surface area contributed by atoms with Crippen molar-refractivity contribution in [2.45, 2.75) is 420 Å². The molecule has 0 saturated heterocycles. The number of unbranched alkanes of at least 4 members (excludes halogenated alkanes) is 42. The third-order valence-corrected chi connectivity index (χ3v) is 20.8. The molecule has 17 nitrogen and oxygen atoms in total. The van der Waals surface area contributed by atoms with Crippen molar-refractivity contribution in [1.82, 2.24) is 0 Å². The average molecular weight is 1480 g/mol. The molecule has 0 aromatic carbocycles. The van der Waals surface area contributed by atoms with E-state index < -0.39 is 97.5 Å². The maximum Gasteiger partial charge on any atom is 0.472 e. The highest BCUT2D eigenvalue weighted by molar-refractivity contribution is 7.47. The van der Waals surface area contributed by atoms with Crippen LogP contribution in [0.2, 0.25) is 0 Å². The Morgan fingerprint density at radius 3 is 0.881 bits per heavy atom. The summed E-state index contributed by atoms with van der Waals surface area (Å²) in [6, 6.07) is 0. The molecule has 0 aliphatic heterocycles. The zero-order valence-corrected chi connectivity index (χ0v) is 67.6. The Balaban J connectivity index is 5.25. The van der Waals surface area contributed by atoms with E-state index in [1.54, 1.807) is 0 Å². The number of allylic oxidation sites excluding steroid dienone is 4. The van der Waals surface area contributed by atoms with Crippen molar-refractivity contribution in [3.63, 3.8) is 0 Å². The Morgan fingerprint density at radius 2 is 0.584 bits per heavy atom. The Labute approximate surface area is 618 Å². The van der Waals surface area contributed by atoms with Crippen LogP contribution in [-0.4, -0.2) is 96.7 Å². The summed E-state index contributed by atoms with van der Waals surface area (Å²) in [4.78, 5) is 73.0. The zero-order valence-electron chi connectivity index (χ0n) is 65.9. The molecule has 0 heterocycles. The second kappa shape index (κ2) is 71.8. The van der Waals surface area contributed by atoms with Gasteiger partial charge in [-0.2, -0.15) is 0 Å². The third kappa shape index (κ3) is 74.2. The number of phosphoric ester groups is 2. The number of ether oxygens (including phenoxy) is 4. The van der Waals surface area contributed by atoms with Crippen molar-refractivity contribution in [1.29, 1.82) is 0 Å². The maximum absolute atomic E-state index is 13.1. The van der Waals surface area contributed by atoms with Gasteiger partial charge in [-0.25, -0.2) is 9.13 Å². The summed E-state index contributed by atoms with van der Waals surface area (Å²) in [6.45, 7) is 11.9. The highest BCUT2D eigenvalue weighted by Gasteiger charge is 2.30. The number of phosphoric acid groups is 2. The average Bonchev–Trinajstić information content (AvgIpc) is 1.24. The smallest absolute Gasteiger partial charge is 0.462 e. The quantitative estimate of drug-likeness (QED) is 0.0169. The number of carbonyl (C=O) groups excluding carboxylic acids is 4. The van der Waals surface area contributed by atoms with Crippen LogP contribution in [0.15, 0.2) is 24.3 Å². The van der Waals surface area contributed by atoms with Crippen LogP contribution >= 0.6 is 15.6 Å². The van der Waals surface area contributed by atoms with Crippen LogP contribution in [0.5, 0.6) is 0 Å². The van der Waals surface area contributed by atoms with Crippen LogP contribution < -0.4 is 0 Å². The van der Waals surface area contributed by atoms with Crippen LogP contribution in [0.3, 0.4) is 0 Å². The molecule has 0 amide bonds. The second-order valence-electron chi connectivity index (χ2n) is 30.0. The SMILES string of the molecule is CCCCCC/C=C\C=C/CCCCCCCC(=O)OC[C@H](COP(=O)(O)OCC(O)COP(=O)(O)OC[C@@H](COC(=O)CCCCCCCCC(C)C)OC(=O)CCCCCCCCCCCCCCCCCCC(C)C)OC(=O)CCCCCCCCCCCCCCCCC(C)CC. The summed E-state index contributed by atoms with van der Waals surface area (Å²) < 4.78 is 68.7. The molecular formula is C82H156O17P2. The lowest BCUT2D eigenvalue weighted by Gasteiger charge is -2.21. The second-order valence-corrected chi connectivity index (χ2v) is 32.9. The summed E-state index contributed by atoms with van der Waals surface area (Å²) in [5.41, 5.74) is 0. The number of hydrogen-bond donors (Lipinski definition) is 3. The molecule has 0 aliphatic rings. The van der Waals surface area contributed by atoms with Gasteiger partial charge in [0.2, 0.25) is 0 Å². The first-order valence-corrected chi connectivity index (χ1v) is 44.7. The van der Waals surface area contributed by atoms with Crippen molar-refractivity contribution in [2.75, 3.05) is 39.6 Å². The Hall–Kier alpha value is -2.46. The van der Waals surface area contributed by atoms with E-state index in [0.29, 0.717) is 31.6 Å². The highest BCUT2D eigenvalue weighted by atomic mass is 31.2. The number of aliphatic hydroxyl groups is 1. The van der Waals surface area contributed by atoms with Crippen molar-refractivity contribution < 1.29 is 80.2 Å². The fourth-order valence-electron chi connectivity index (χ4n) is 12.1. The summed E-state index contributed by atoms with van der Waals surface area (Å²) in [6.07, 6.45) is 63.4. The number of rotatable bonds is 78. The van der Waals surface area contributed by atoms with Gasteiger partial charge in [0, 0.05) is 25.7 Å². The van der Waals surface area contributed by atoms with E-state index in [4.69, 9.17) is 37.0 Å². The van der Waals surface area contributed by atoms with Gasteiger partial charge in [0.25, 0.3) is 0 Å². The van der Waals surface area contributed by atoms with Gasteiger partial charge < -0.3 is 33.8 Å². The molecule has 0 saturated carbocycles. The topological polar surface area (TPSA) is 237 Å². The van der Waals surface area contributed by atoms with Crippen LogP contribution in [0.1, 0.15) is 402 Å². The van der Waals surface area contributed by atoms with Crippen LogP contribution in [-0.2, 0) is 65.4 Å². The summed E-state index contributed by atoms with van der Waals surface area (Å²) in [5, 5.41) is 10.6. The van der Waals surface area contributed by atoms with Gasteiger partial charge in [-0.15, -0.1) is 0 Å². The van der Waals surface area contributed by atoms with Crippen LogP contribution in [0.25, 0.3) is 0 Å². The molecule has 0 radical (unpaired) electrons. The first kappa shape index (κ1) is 98.5. The van der Waals surface area contributed by atoms with E-state index in [9.17, 15) is 43.2 Å². The number of carbonyl (C=O) groups is 4. The van der Waals surface area contributed by atoms with Crippen molar-refractivity contribution in [3.8, 4) is 0 Å². The minimum atomic E-state index is -4.97. The molecular weight excluding hydrogens is 1320 g/mol. The van der Waals surface area contributed by atoms with E-state index >= 15 is 0 Å². The monoisotopic (exact) mass is 1480 g/mol. The fourth-order valence-corrected chi connectivity index (χ4v) is 13.7. The van der Waals surface area contributed by atoms with Crippen molar-refractivity contribution >= 4 is 39.5 Å². The molecule has 0 aliphatic carbocycles. The number of aliphatic hydroxyl groups excluding tert-OH is 1. The van der Waals surface area contributed by atoms with Crippen LogP contribution in [0.4, 0.5) is 0 Å². The summed E-state index contributed by atoms with van der Waals surface area (Å²) >= 11 is 0.